The SMILES string of the molecule is COC[C@H](C)NC(=O)Nc1ccc(OC)cc1. The molecule has 1 rings (SSSR count). The average molecular weight is 238 g/mol. The van der Waals surface area contributed by atoms with Gasteiger partial charge in [0.25, 0.3) is 0 Å². The summed E-state index contributed by atoms with van der Waals surface area (Å²) in [5.41, 5.74) is 0.716. The van der Waals surface area contributed by atoms with E-state index in [9.17, 15) is 4.79 Å². The summed E-state index contributed by atoms with van der Waals surface area (Å²) in [6.45, 7) is 2.35. The highest BCUT2D eigenvalue weighted by atomic mass is 16.5. The van der Waals surface area contributed by atoms with Crippen LogP contribution < -0.4 is 15.4 Å². The first-order valence-electron chi connectivity index (χ1n) is 5.36. The third-order valence-corrected chi connectivity index (χ3v) is 2.14. The van der Waals surface area contributed by atoms with Gasteiger partial charge in [-0.25, -0.2) is 4.79 Å². The van der Waals surface area contributed by atoms with Gasteiger partial charge >= 0.3 is 6.03 Å². The Labute approximate surface area is 101 Å². The Morgan fingerprint density at radius 3 is 2.47 bits per heavy atom. The maximum Gasteiger partial charge on any atom is 0.319 e. The minimum atomic E-state index is -0.250. The van der Waals surface area contributed by atoms with Crippen LogP contribution in [0.15, 0.2) is 24.3 Å². The minimum Gasteiger partial charge on any atom is -0.497 e. The van der Waals surface area contributed by atoms with Gasteiger partial charge in [0, 0.05) is 12.8 Å². The highest BCUT2D eigenvalue weighted by Gasteiger charge is 2.06. The molecule has 0 saturated carbocycles. The van der Waals surface area contributed by atoms with Crippen LogP contribution in [-0.2, 0) is 4.74 Å². The summed E-state index contributed by atoms with van der Waals surface area (Å²) in [6, 6.07) is 6.85. The number of benzene rings is 1. The van der Waals surface area contributed by atoms with Crippen LogP contribution >= 0.6 is 0 Å². The number of rotatable bonds is 5. The van der Waals surface area contributed by atoms with Gasteiger partial charge in [-0.3, -0.25) is 0 Å². The molecule has 5 nitrogen and oxygen atoms in total. The zero-order valence-electron chi connectivity index (χ0n) is 10.3. The van der Waals surface area contributed by atoms with Crippen molar-refractivity contribution in [3.63, 3.8) is 0 Å². The van der Waals surface area contributed by atoms with E-state index in [4.69, 9.17) is 9.47 Å². The first kappa shape index (κ1) is 13.3. The van der Waals surface area contributed by atoms with E-state index in [0.717, 1.165) is 5.75 Å². The van der Waals surface area contributed by atoms with Crippen LogP contribution in [0.4, 0.5) is 10.5 Å². The Balaban J connectivity index is 2.44. The summed E-state index contributed by atoms with van der Waals surface area (Å²) < 4.78 is 9.95. The lowest BCUT2D eigenvalue weighted by molar-refractivity contribution is 0.173. The van der Waals surface area contributed by atoms with Gasteiger partial charge in [0.05, 0.1) is 19.8 Å². The normalized spacial score (nSPS) is 11.7. The van der Waals surface area contributed by atoms with Crippen molar-refractivity contribution in [2.24, 2.45) is 0 Å². The summed E-state index contributed by atoms with van der Waals surface area (Å²) in [4.78, 5) is 11.5. The lowest BCUT2D eigenvalue weighted by Crippen LogP contribution is -2.38. The molecule has 1 atom stereocenters. The molecule has 94 valence electrons. The van der Waals surface area contributed by atoms with Crippen LogP contribution in [0, 0.1) is 0 Å². The molecule has 5 heteroatoms. The molecule has 1 aromatic carbocycles. The van der Waals surface area contributed by atoms with Crippen molar-refractivity contribution < 1.29 is 14.3 Å². The average Bonchev–Trinajstić information content (AvgIpc) is 2.30. The number of amides is 2. The Bertz CT molecular complexity index is 351. The molecular weight excluding hydrogens is 220 g/mol. The second kappa shape index (κ2) is 6.75. The molecule has 17 heavy (non-hydrogen) atoms. The van der Waals surface area contributed by atoms with Gasteiger partial charge < -0.3 is 20.1 Å². The van der Waals surface area contributed by atoms with Crippen LogP contribution in [0.25, 0.3) is 0 Å². The van der Waals surface area contributed by atoms with Gasteiger partial charge in [-0.05, 0) is 31.2 Å². The molecule has 0 radical (unpaired) electrons. The van der Waals surface area contributed by atoms with Gasteiger partial charge in [0.15, 0.2) is 0 Å². The van der Waals surface area contributed by atoms with Crippen molar-refractivity contribution in [3.8, 4) is 5.75 Å². The Morgan fingerprint density at radius 2 is 1.94 bits per heavy atom. The summed E-state index contributed by atoms with van der Waals surface area (Å²) >= 11 is 0. The molecule has 2 amide bonds. The molecule has 1 aromatic rings. The highest BCUT2D eigenvalue weighted by Crippen LogP contribution is 2.14. The van der Waals surface area contributed by atoms with E-state index in [1.807, 2.05) is 6.92 Å². The van der Waals surface area contributed by atoms with Crippen LogP contribution in [0.2, 0.25) is 0 Å². The zero-order valence-corrected chi connectivity index (χ0v) is 10.3. The van der Waals surface area contributed by atoms with Crippen LogP contribution in [0.5, 0.6) is 5.75 Å². The number of carbonyl (C=O) groups excluding carboxylic acids is 1. The molecule has 2 N–H and O–H groups in total. The van der Waals surface area contributed by atoms with Crippen LogP contribution in [0.3, 0.4) is 0 Å². The number of hydrogen-bond donors (Lipinski definition) is 2. The minimum absolute atomic E-state index is 0.0294. The van der Waals surface area contributed by atoms with Gasteiger partial charge in [0.2, 0.25) is 0 Å². The number of carbonyl (C=O) groups is 1. The first-order valence-corrected chi connectivity index (χ1v) is 5.36. The van der Waals surface area contributed by atoms with Crippen molar-refractivity contribution in [2.75, 3.05) is 26.1 Å². The fourth-order valence-corrected chi connectivity index (χ4v) is 1.36. The van der Waals surface area contributed by atoms with E-state index in [1.165, 1.54) is 0 Å². The molecule has 0 saturated heterocycles. The van der Waals surface area contributed by atoms with Gasteiger partial charge in [0.1, 0.15) is 5.75 Å². The van der Waals surface area contributed by atoms with Crippen molar-refractivity contribution in [2.45, 2.75) is 13.0 Å². The molecule has 0 aliphatic heterocycles. The summed E-state index contributed by atoms with van der Waals surface area (Å²) in [5.74, 6) is 0.753. The van der Waals surface area contributed by atoms with E-state index < -0.39 is 0 Å². The molecule has 0 fully saturated rings. The van der Waals surface area contributed by atoms with E-state index in [2.05, 4.69) is 10.6 Å². The molecule has 0 aliphatic rings. The molecule has 0 spiro atoms. The van der Waals surface area contributed by atoms with Crippen LogP contribution in [0.1, 0.15) is 6.92 Å². The fraction of sp³-hybridized carbons (Fsp3) is 0.417. The summed E-state index contributed by atoms with van der Waals surface area (Å²) in [7, 11) is 3.20. The van der Waals surface area contributed by atoms with E-state index >= 15 is 0 Å². The monoisotopic (exact) mass is 238 g/mol. The molecule has 0 unspecified atom stereocenters. The van der Waals surface area contributed by atoms with Crippen LogP contribution in [-0.4, -0.2) is 32.9 Å². The number of ether oxygens (including phenoxy) is 2. The van der Waals surface area contributed by atoms with Crippen molar-refractivity contribution in [1.29, 1.82) is 0 Å². The molecule has 0 aromatic heterocycles. The van der Waals surface area contributed by atoms with Crippen molar-refractivity contribution >= 4 is 11.7 Å². The fourth-order valence-electron chi connectivity index (χ4n) is 1.36. The standard InChI is InChI=1S/C12H18N2O3/c1-9(8-16-2)13-12(15)14-10-4-6-11(17-3)7-5-10/h4-7,9H,8H2,1-3H3,(H2,13,14,15)/t9-/m0/s1. The number of anilines is 1. The number of urea groups is 1. The largest absolute Gasteiger partial charge is 0.497 e. The molecule has 0 heterocycles. The molecule has 0 bridgehead atoms. The van der Waals surface area contributed by atoms with Gasteiger partial charge in [-0.1, -0.05) is 0 Å². The number of hydrogen-bond acceptors (Lipinski definition) is 3. The maximum atomic E-state index is 11.5. The summed E-state index contributed by atoms with van der Waals surface area (Å²) in [6.07, 6.45) is 0. The zero-order chi connectivity index (χ0) is 12.7. The molecule has 0 aliphatic carbocycles. The predicted octanol–water partition coefficient (Wildman–Crippen LogP) is 1.85. The highest BCUT2D eigenvalue weighted by molar-refractivity contribution is 5.89. The lowest BCUT2D eigenvalue weighted by Gasteiger charge is -2.13. The second-order valence-corrected chi connectivity index (χ2v) is 3.68. The predicted molar refractivity (Wildman–Crippen MR) is 66.5 cm³/mol. The Morgan fingerprint density at radius 1 is 1.29 bits per heavy atom. The maximum absolute atomic E-state index is 11.5. The topological polar surface area (TPSA) is 59.6 Å². The first-order chi connectivity index (χ1) is 8.15. The summed E-state index contributed by atoms with van der Waals surface area (Å²) in [5, 5.41) is 5.47. The molecular formula is C12H18N2O3. The Hall–Kier alpha value is -1.75. The van der Waals surface area contributed by atoms with Crippen molar-refractivity contribution in [3.05, 3.63) is 24.3 Å². The second-order valence-electron chi connectivity index (χ2n) is 3.68. The third kappa shape index (κ3) is 4.74. The van der Waals surface area contributed by atoms with E-state index in [1.54, 1.807) is 38.5 Å². The van der Waals surface area contributed by atoms with Crippen molar-refractivity contribution in [1.82, 2.24) is 5.32 Å². The third-order valence-electron chi connectivity index (χ3n) is 2.14. The number of nitrogens with one attached hydrogen (secondary N) is 2. The lowest BCUT2D eigenvalue weighted by atomic mass is 10.3. The van der Waals surface area contributed by atoms with Gasteiger partial charge in [-0.2, -0.15) is 0 Å². The van der Waals surface area contributed by atoms with E-state index in [-0.39, 0.29) is 12.1 Å². The number of methoxy groups -OCH3 is 2. The Kier molecular flexibility index (Phi) is 5.29. The van der Waals surface area contributed by atoms with Gasteiger partial charge in [-0.15, -0.1) is 0 Å². The van der Waals surface area contributed by atoms with E-state index in [0.29, 0.717) is 12.3 Å². The smallest absolute Gasteiger partial charge is 0.319 e. The quantitative estimate of drug-likeness (QED) is 0.823.